The fourth-order valence-electron chi connectivity index (χ4n) is 5.66. The first kappa shape index (κ1) is 39.1. The SMILES string of the molecule is Cl.Cl.Cl.Cl.c1ccc2c(NCCCNCCCCNCCCNc3c4ccccc4nc4ccccc34)c3ccccc3nc2c1. The van der Waals surface area contributed by atoms with Gasteiger partial charge in [0, 0.05) is 34.6 Å². The Kier molecular flexibility index (Phi) is 17.2. The Hall–Kier alpha value is -3.10. The molecule has 4 aromatic carbocycles. The van der Waals surface area contributed by atoms with E-state index in [2.05, 4.69) is 118 Å². The molecule has 46 heavy (non-hydrogen) atoms. The minimum absolute atomic E-state index is 0. The van der Waals surface area contributed by atoms with Crippen LogP contribution in [0.5, 0.6) is 0 Å². The van der Waals surface area contributed by atoms with Crippen molar-refractivity contribution in [3.63, 3.8) is 0 Å². The van der Waals surface area contributed by atoms with Crippen molar-refractivity contribution in [3.05, 3.63) is 97.1 Å². The number of nitrogens with one attached hydrogen (secondary N) is 4. The predicted molar refractivity (Wildman–Crippen MR) is 209 cm³/mol. The summed E-state index contributed by atoms with van der Waals surface area (Å²) in [5, 5.41) is 19.4. The smallest absolute Gasteiger partial charge is 0.0730 e. The number of aromatic nitrogens is 2. The van der Waals surface area contributed by atoms with Gasteiger partial charge in [0.25, 0.3) is 0 Å². The van der Waals surface area contributed by atoms with Crippen LogP contribution in [-0.4, -0.2) is 49.2 Å². The Labute approximate surface area is 296 Å². The lowest BCUT2D eigenvalue weighted by atomic mass is 10.1. The molecular weight excluding hydrogens is 658 g/mol. The molecule has 10 heteroatoms. The molecule has 0 saturated carbocycles. The van der Waals surface area contributed by atoms with Gasteiger partial charge in [-0.1, -0.05) is 72.8 Å². The van der Waals surface area contributed by atoms with Gasteiger partial charge in [0.1, 0.15) is 0 Å². The molecule has 6 aromatic rings. The molecule has 0 spiro atoms. The van der Waals surface area contributed by atoms with Crippen molar-refractivity contribution in [2.45, 2.75) is 25.7 Å². The highest BCUT2D eigenvalue weighted by atomic mass is 35.5. The fourth-order valence-corrected chi connectivity index (χ4v) is 5.66. The Balaban J connectivity index is 0.00000184. The third-order valence-corrected chi connectivity index (χ3v) is 7.80. The van der Waals surface area contributed by atoms with Crippen LogP contribution in [-0.2, 0) is 0 Å². The van der Waals surface area contributed by atoms with Crippen LogP contribution in [0.3, 0.4) is 0 Å². The standard InChI is InChI=1S/C36H40N6.4ClH/c1-5-17-31-27(13-1)35(28-14-2-6-18-32(28)41-31)39-25-11-23-37-21-9-10-22-38-24-12-26-40-36-29-15-3-7-19-33(29)42-34-20-8-4-16-30(34)36;;;;/h1-8,13-20,37-38H,9-12,21-26H2,(H,39,41)(H,40,42);4*1H. The van der Waals surface area contributed by atoms with Crippen molar-refractivity contribution in [2.75, 3.05) is 49.9 Å². The van der Waals surface area contributed by atoms with Crippen LogP contribution in [0.2, 0.25) is 0 Å². The molecule has 6 rings (SSSR count). The number of rotatable bonds is 15. The first-order valence-electron chi connectivity index (χ1n) is 15.3. The Bertz CT molecular complexity index is 1550. The monoisotopic (exact) mass is 700 g/mol. The summed E-state index contributed by atoms with van der Waals surface area (Å²) >= 11 is 0. The van der Waals surface area contributed by atoms with Gasteiger partial charge in [0.2, 0.25) is 0 Å². The first-order valence-corrected chi connectivity index (χ1v) is 15.3. The molecule has 4 N–H and O–H groups in total. The van der Waals surface area contributed by atoms with Crippen LogP contribution in [0.1, 0.15) is 25.7 Å². The van der Waals surface area contributed by atoms with E-state index in [1.807, 2.05) is 0 Å². The molecule has 0 aliphatic rings. The number of para-hydroxylation sites is 4. The van der Waals surface area contributed by atoms with E-state index in [1.165, 1.54) is 45.8 Å². The van der Waals surface area contributed by atoms with Gasteiger partial charge in [-0.2, -0.15) is 0 Å². The number of hydrogen-bond donors (Lipinski definition) is 4. The number of nitrogens with zero attached hydrogens (tertiary/aromatic N) is 2. The maximum Gasteiger partial charge on any atom is 0.0730 e. The molecule has 2 heterocycles. The molecule has 0 amide bonds. The van der Waals surface area contributed by atoms with Crippen molar-refractivity contribution < 1.29 is 0 Å². The molecule has 246 valence electrons. The molecule has 2 aromatic heterocycles. The minimum Gasteiger partial charge on any atom is -0.384 e. The summed E-state index contributed by atoms with van der Waals surface area (Å²) < 4.78 is 0. The summed E-state index contributed by atoms with van der Waals surface area (Å²) in [4.78, 5) is 9.64. The third kappa shape index (κ3) is 9.71. The second-order valence-electron chi connectivity index (χ2n) is 10.8. The van der Waals surface area contributed by atoms with E-state index in [0.29, 0.717) is 0 Å². The highest BCUT2D eigenvalue weighted by Crippen LogP contribution is 2.31. The van der Waals surface area contributed by atoms with Crippen LogP contribution in [0, 0.1) is 0 Å². The average Bonchev–Trinajstić information content (AvgIpc) is 3.04. The van der Waals surface area contributed by atoms with Crippen LogP contribution in [0.4, 0.5) is 11.4 Å². The van der Waals surface area contributed by atoms with E-state index in [0.717, 1.165) is 74.2 Å². The van der Waals surface area contributed by atoms with E-state index in [-0.39, 0.29) is 49.6 Å². The number of unbranched alkanes of at least 4 members (excludes halogenated alkanes) is 1. The van der Waals surface area contributed by atoms with Crippen LogP contribution in [0.25, 0.3) is 43.6 Å². The average molecular weight is 703 g/mol. The number of halogens is 4. The maximum atomic E-state index is 4.82. The van der Waals surface area contributed by atoms with Gasteiger partial charge in [-0.15, -0.1) is 49.6 Å². The summed E-state index contributed by atoms with van der Waals surface area (Å²) in [6, 6.07) is 33.5. The highest BCUT2D eigenvalue weighted by Gasteiger charge is 2.09. The fraction of sp³-hybridized carbons (Fsp3) is 0.278. The second kappa shape index (κ2) is 20.2. The molecule has 6 nitrogen and oxygen atoms in total. The maximum absolute atomic E-state index is 4.82. The van der Waals surface area contributed by atoms with E-state index < -0.39 is 0 Å². The number of fused-ring (bicyclic) bond motifs is 4. The van der Waals surface area contributed by atoms with Crippen molar-refractivity contribution >= 4 is 105 Å². The van der Waals surface area contributed by atoms with E-state index in [1.54, 1.807) is 0 Å². The van der Waals surface area contributed by atoms with E-state index in [9.17, 15) is 0 Å². The molecule has 0 aliphatic carbocycles. The Morgan fingerprint density at radius 3 is 0.957 bits per heavy atom. The Morgan fingerprint density at radius 2 is 0.630 bits per heavy atom. The van der Waals surface area contributed by atoms with Crippen LogP contribution < -0.4 is 21.3 Å². The lowest BCUT2D eigenvalue weighted by molar-refractivity contribution is 0.573. The highest BCUT2D eigenvalue weighted by molar-refractivity contribution is 6.08. The largest absolute Gasteiger partial charge is 0.384 e. The number of benzene rings is 4. The van der Waals surface area contributed by atoms with Crippen LogP contribution >= 0.6 is 49.6 Å². The number of hydrogen-bond acceptors (Lipinski definition) is 6. The zero-order chi connectivity index (χ0) is 28.4. The minimum atomic E-state index is 0. The predicted octanol–water partition coefficient (Wildman–Crippen LogP) is 9.04. The van der Waals surface area contributed by atoms with Gasteiger partial charge in [-0.25, -0.2) is 9.97 Å². The molecule has 0 bridgehead atoms. The van der Waals surface area contributed by atoms with Gasteiger partial charge in [0.15, 0.2) is 0 Å². The molecule has 0 fully saturated rings. The van der Waals surface area contributed by atoms with Crippen molar-refractivity contribution in [1.82, 2.24) is 20.6 Å². The Morgan fingerprint density at radius 1 is 0.348 bits per heavy atom. The van der Waals surface area contributed by atoms with Crippen molar-refractivity contribution in [3.8, 4) is 0 Å². The summed E-state index contributed by atoms with van der Waals surface area (Å²) in [5.41, 5.74) is 6.55. The van der Waals surface area contributed by atoms with Gasteiger partial charge in [0.05, 0.1) is 33.4 Å². The molecule has 0 aliphatic heterocycles. The summed E-state index contributed by atoms with van der Waals surface area (Å²) in [5.74, 6) is 0. The van der Waals surface area contributed by atoms with Gasteiger partial charge in [-0.3, -0.25) is 0 Å². The quantitative estimate of drug-likeness (QED) is 0.0633. The summed E-state index contributed by atoms with van der Waals surface area (Å²) in [6.07, 6.45) is 4.54. The van der Waals surface area contributed by atoms with E-state index in [4.69, 9.17) is 9.97 Å². The lowest BCUT2D eigenvalue weighted by Gasteiger charge is -2.13. The first-order chi connectivity index (χ1) is 20.9. The second-order valence-corrected chi connectivity index (χ2v) is 10.8. The normalized spacial score (nSPS) is 10.5. The molecule has 0 radical (unpaired) electrons. The van der Waals surface area contributed by atoms with Gasteiger partial charge < -0.3 is 21.3 Å². The molecule has 0 unspecified atom stereocenters. The molecule has 0 atom stereocenters. The topological polar surface area (TPSA) is 73.9 Å². The van der Waals surface area contributed by atoms with E-state index >= 15 is 0 Å². The van der Waals surface area contributed by atoms with Gasteiger partial charge in [-0.05, 0) is 76.1 Å². The summed E-state index contributed by atoms with van der Waals surface area (Å²) in [6.45, 7) is 6.03. The lowest BCUT2D eigenvalue weighted by Crippen LogP contribution is -2.22. The number of anilines is 2. The zero-order valence-corrected chi connectivity index (χ0v) is 29.1. The van der Waals surface area contributed by atoms with Crippen molar-refractivity contribution in [2.24, 2.45) is 0 Å². The third-order valence-electron chi connectivity index (χ3n) is 7.80. The zero-order valence-electron chi connectivity index (χ0n) is 25.8. The van der Waals surface area contributed by atoms with Gasteiger partial charge >= 0.3 is 0 Å². The van der Waals surface area contributed by atoms with Crippen LogP contribution in [0.15, 0.2) is 97.1 Å². The van der Waals surface area contributed by atoms with Crippen molar-refractivity contribution in [1.29, 1.82) is 0 Å². The molecule has 0 saturated heterocycles. The number of pyridine rings is 2. The molecular formula is C36H44Cl4N6. The summed E-state index contributed by atoms with van der Waals surface area (Å²) in [7, 11) is 0.